The molecule has 4 nitrogen and oxygen atoms in total. The van der Waals surface area contributed by atoms with Gasteiger partial charge in [-0.05, 0) is 23.9 Å². The molecule has 1 rings (SSSR count). The van der Waals surface area contributed by atoms with Gasteiger partial charge in [0.05, 0.1) is 12.0 Å². The van der Waals surface area contributed by atoms with E-state index < -0.39 is 11.1 Å². The molecule has 0 bridgehead atoms. The Morgan fingerprint density at radius 3 is 2.55 bits per heavy atom. The summed E-state index contributed by atoms with van der Waals surface area (Å²) in [5, 5.41) is 9.08. The predicted molar refractivity (Wildman–Crippen MR) is 40.6 cm³/mol. The quantitative estimate of drug-likeness (QED) is 0.567. The van der Waals surface area contributed by atoms with E-state index in [0.717, 1.165) is 0 Å². The molecule has 5 heteroatoms. The number of hydrogen-bond acceptors (Lipinski definition) is 4. The van der Waals surface area contributed by atoms with Crippen LogP contribution in [0.25, 0.3) is 0 Å². The van der Waals surface area contributed by atoms with Gasteiger partial charge in [-0.25, -0.2) is 0 Å². The first kappa shape index (κ1) is 9.12. The van der Waals surface area contributed by atoms with Gasteiger partial charge in [-0.1, -0.05) is 0 Å². The number of aliphatic hydroxyl groups is 1. The largest absolute Gasteiger partial charge is 0.771 e. The molecule has 1 fully saturated rings. The lowest BCUT2D eigenvalue weighted by Gasteiger charge is -2.29. The molecule has 0 aliphatic carbocycles. The average molecular weight is 178 g/mol. The van der Waals surface area contributed by atoms with E-state index in [1.165, 1.54) is 0 Å². The van der Waals surface area contributed by atoms with E-state index in [0.29, 0.717) is 25.9 Å². The predicted octanol–water partition coefficient (Wildman–Crippen LogP) is -0.720. The Morgan fingerprint density at radius 2 is 2.09 bits per heavy atom. The minimum Gasteiger partial charge on any atom is -0.771 e. The van der Waals surface area contributed by atoms with Crippen molar-refractivity contribution in [1.82, 2.24) is 4.90 Å². The maximum atomic E-state index is 10.2. The Labute approximate surface area is 68.5 Å². The van der Waals surface area contributed by atoms with Crippen molar-refractivity contribution in [3.05, 3.63) is 0 Å². The van der Waals surface area contributed by atoms with Crippen LogP contribution >= 0.6 is 0 Å². The number of hydrogen-bond donors (Lipinski definition) is 1. The van der Waals surface area contributed by atoms with Crippen molar-refractivity contribution in [2.45, 2.75) is 18.9 Å². The standard InChI is InChI=1S/C6H13NO3S/c8-6-1-3-7(4-2-6)5-11(9)10/h6,8H,1-5H2,(H,9,10)/p-1. The molecule has 1 heterocycles. The third-order valence-corrected chi connectivity index (χ3v) is 2.42. The Hall–Kier alpha value is 0.0300. The second kappa shape index (κ2) is 4.15. The lowest BCUT2D eigenvalue weighted by Crippen LogP contribution is -2.37. The fourth-order valence-electron chi connectivity index (χ4n) is 1.20. The number of likely N-dealkylation sites (tertiary alicyclic amines) is 1. The highest BCUT2D eigenvalue weighted by Gasteiger charge is 2.15. The van der Waals surface area contributed by atoms with Gasteiger partial charge in [0, 0.05) is 13.1 Å². The molecule has 1 saturated heterocycles. The molecule has 0 aromatic heterocycles. The minimum absolute atomic E-state index is 0.104. The first-order valence-electron chi connectivity index (χ1n) is 3.65. The van der Waals surface area contributed by atoms with Gasteiger partial charge in [0.2, 0.25) is 0 Å². The highest BCUT2D eigenvalue weighted by Crippen LogP contribution is 2.09. The Kier molecular flexibility index (Phi) is 3.45. The molecule has 1 N–H and O–H groups in total. The fourth-order valence-corrected chi connectivity index (χ4v) is 1.75. The van der Waals surface area contributed by atoms with E-state index in [4.69, 9.17) is 5.11 Å². The molecule has 0 aromatic carbocycles. The molecule has 0 amide bonds. The fraction of sp³-hybridized carbons (Fsp3) is 1.00. The van der Waals surface area contributed by atoms with Crippen molar-refractivity contribution in [3.8, 4) is 0 Å². The van der Waals surface area contributed by atoms with E-state index in [-0.39, 0.29) is 12.0 Å². The van der Waals surface area contributed by atoms with Gasteiger partial charge < -0.3 is 9.66 Å². The zero-order valence-corrected chi connectivity index (χ0v) is 7.05. The summed E-state index contributed by atoms with van der Waals surface area (Å²) >= 11 is -1.98. The van der Waals surface area contributed by atoms with E-state index in [1.54, 1.807) is 0 Å². The highest BCUT2D eigenvalue weighted by molar-refractivity contribution is 7.79. The summed E-state index contributed by atoms with van der Waals surface area (Å²) in [6, 6.07) is 0. The monoisotopic (exact) mass is 178 g/mol. The maximum absolute atomic E-state index is 10.2. The van der Waals surface area contributed by atoms with Crippen LogP contribution in [0.5, 0.6) is 0 Å². The number of nitrogens with zero attached hydrogens (tertiary/aromatic N) is 1. The summed E-state index contributed by atoms with van der Waals surface area (Å²) in [4.78, 5) is 1.83. The van der Waals surface area contributed by atoms with Crippen LogP contribution in [0, 0.1) is 0 Å². The van der Waals surface area contributed by atoms with Gasteiger partial charge in [-0.15, -0.1) is 0 Å². The second-order valence-electron chi connectivity index (χ2n) is 2.78. The maximum Gasteiger partial charge on any atom is 0.0613 e. The van der Waals surface area contributed by atoms with Gasteiger partial charge in [-0.2, -0.15) is 0 Å². The summed E-state index contributed by atoms with van der Waals surface area (Å²) in [7, 11) is 0. The van der Waals surface area contributed by atoms with Gasteiger partial charge in [-0.3, -0.25) is 9.11 Å². The van der Waals surface area contributed by atoms with Gasteiger partial charge >= 0.3 is 0 Å². The van der Waals surface area contributed by atoms with Crippen molar-refractivity contribution < 1.29 is 13.9 Å². The molecule has 11 heavy (non-hydrogen) atoms. The van der Waals surface area contributed by atoms with Crippen LogP contribution in [-0.2, 0) is 11.1 Å². The first-order chi connectivity index (χ1) is 5.18. The van der Waals surface area contributed by atoms with Crippen LogP contribution < -0.4 is 0 Å². The lowest BCUT2D eigenvalue weighted by atomic mass is 10.1. The average Bonchev–Trinajstić information content (AvgIpc) is 1.93. The third kappa shape index (κ3) is 3.29. The SMILES string of the molecule is O=S([O-])CN1CCC(O)CC1. The van der Waals surface area contributed by atoms with E-state index in [2.05, 4.69) is 0 Å². The number of piperidine rings is 1. The molecule has 66 valence electrons. The minimum atomic E-state index is -1.98. The first-order valence-corrected chi connectivity index (χ1v) is 4.89. The summed E-state index contributed by atoms with van der Waals surface area (Å²) in [6.45, 7) is 1.38. The zero-order chi connectivity index (χ0) is 8.27. The summed E-state index contributed by atoms with van der Waals surface area (Å²) in [5.41, 5.74) is 0. The summed E-state index contributed by atoms with van der Waals surface area (Å²) in [5.74, 6) is 0.104. The van der Waals surface area contributed by atoms with Crippen LogP contribution in [0.1, 0.15) is 12.8 Å². The third-order valence-electron chi connectivity index (χ3n) is 1.85. The molecule has 1 aliphatic heterocycles. The molecule has 0 spiro atoms. The molecule has 1 unspecified atom stereocenters. The number of rotatable bonds is 2. The summed E-state index contributed by atoms with van der Waals surface area (Å²) in [6.07, 6.45) is 1.15. The van der Waals surface area contributed by atoms with Crippen LogP contribution in [0.3, 0.4) is 0 Å². The van der Waals surface area contributed by atoms with Gasteiger partial charge in [0.25, 0.3) is 0 Å². The van der Waals surface area contributed by atoms with Crippen LogP contribution in [0.4, 0.5) is 0 Å². The Bertz CT molecular complexity index is 145. The highest BCUT2D eigenvalue weighted by atomic mass is 32.2. The van der Waals surface area contributed by atoms with Crippen LogP contribution in [0.2, 0.25) is 0 Å². The lowest BCUT2D eigenvalue weighted by molar-refractivity contribution is 0.0905. The zero-order valence-electron chi connectivity index (χ0n) is 6.23. The van der Waals surface area contributed by atoms with Gasteiger partial charge in [0.1, 0.15) is 0 Å². The molecule has 0 radical (unpaired) electrons. The van der Waals surface area contributed by atoms with Crippen molar-refractivity contribution in [3.63, 3.8) is 0 Å². The second-order valence-corrected chi connectivity index (χ2v) is 3.65. The Morgan fingerprint density at radius 1 is 1.55 bits per heavy atom. The van der Waals surface area contributed by atoms with Crippen LogP contribution in [0.15, 0.2) is 0 Å². The molecular weight excluding hydrogens is 166 g/mol. The molecule has 1 aliphatic rings. The van der Waals surface area contributed by atoms with Gasteiger partial charge in [0.15, 0.2) is 0 Å². The van der Waals surface area contributed by atoms with Crippen molar-refractivity contribution in [2.24, 2.45) is 0 Å². The van der Waals surface area contributed by atoms with E-state index in [1.807, 2.05) is 4.90 Å². The number of aliphatic hydroxyl groups excluding tert-OH is 1. The van der Waals surface area contributed by atoms with Crippen molar-refractivity contribution >= 4 is 11.1 Å². The normalized spacial score (nSPS) is 25.3. The van der Waals surface area contributed by atoms with Crippen LogP contribution in [-0.4, -0.2) is 43.8 Å². The van der Waals surface area contributed by atoms with E-state index >= 15 is 0 Å². The summed E-state index contributed by atoms with van der Waals surface area (Å²) < 4.78 is 20.5. The Balaban J connectivity index is 2.22. The molecule has 0 aromatic rings. The molecule has 0 saturated carbocycles. The van der Waals surface area contributed by atoms with E-state index in [9.17, 15) is 8.76 Å². The topological polar surface area (TPSA) is 63.6 Å². The van der Waals surface area contributed by atoms with Crippen molar-refractivity contribution in [1.29, 1.82) is 0 Å². The van der Waals surface area contributed by atoms with Crippen molar-refractivity contribution in [2.75, 3.05) is 19.0 Å². The molecule has 1 atom stereocenters. The smallest absolute Gasteiger partial charge is 0.0613 e. The molecular formula is C6H12NO3S-.